The number of carbonyl (C=O) groups excluding carboxylic acids is 1. The predicted octanol–water partition coefficient (Wildman–Crippen LogP) is 2.42. The van der Waals surface area contributed by atoms with E-state index in [2.05, 4.69) is 12.2 Å². The second-order valence-corrected chi connectivity index (χ2v) is 5.20. The van der Waals surface area contributed by atoms with E-state index >= 15 is 0 Å². The minimum absolute atomic E-state index is 0.313. The normalized spacial score (nSPS) is 22.9. The Balaban J connectivity index is 2.18. The van der Waals surface area contributed by atoms with Crippen LogP contribution < -0.4 is 5.32 Å². The van der Waals surface area contributed by atoms with Crippen LogP contribution in [0.25, 0.3) is 0 Å². The van der Waals surface area contributed by atoms with Crippen molar-refractivity contribution in [3.05, 3.63) is 35.4 Å². The Bertz CT molecular complexity index is 473. The fourth-order valence-electron chi connectivity index (χ4n) is 2.87. The highest BCUT2D eigenvalue weighted by Gasteiger charge is 2.31. The van der Waals surface area contributed by atoms with Crippen molar-refractivity contribution in [3.8, 4) is 0 Å². The highest BCUT2D eigenvalue weighted by atomic mass is 19.1. The molecule has 0 spiro atoms. The summed E-state index contributed by atoms with van der Waals surface area (Å²) in [5.41, 5.74) is -0.440. The molecule has 1 fully saturated rings. The van der Waals surface area contributed by atoms with Crippen molar-refractivity contribution < 1.29 is 13.6 Å². The molecule has 5 heteroatoms. The highest BCUT2D eigenvalue weighted by molar-refractivity contribution is 5.94. The van der Waals surface area contributed by atoms with Gasteiger partial charge in [-0.3, -0.25) is 4.79 Å². The minimum atomic E-state index is -0.793. The van der Waals surface area contributed by atoms with Gasteiger partial charge in [0.1, 0.15) is 17.2 Å². The van der Waals surface area contributed by atoms with Crippen LogP contribution in [-0.4, -0.2) is 37.0 Å². The smallest absolute Gasteiger partial charge is 0.259 e. The van der Waals surface area contributed by atoms with Crippen LogP contribution in [0.2, 0.25) is 0 Å². The van der Waals surface area contributed by atoms with E-state index in [9.17, 15) is 13.6 Å². The standard InChI is InChI=1S/C15H20F2N2O/c1-3-10-9-19(8-7-13(10)18-2)15(20)14-11(16)5-4-6-12(14)17/h4-6,10,13,18H,3,7-9H2,1-2H3. The van der Waals surface area contributed by atoms with Gasteiger partial charge < -0.3 is 10.2 Å². The van der Waals surface area contributed by atoms with Gasteiger partial charge in [-0.25, -0.2) is 8.78 Å². The molecule has 2 rings (SSSR count). The zero-order chi connectivity index (χ0) is 14.7. The largest absolute Gasteiger partial charge is 0.338 e. The number of piperidine rings is 1. The highest BCUT2D eigenvalue weighted by Crippen LogP contribution is 2.23. The summed E-state index contributed by atoms with van der Waals surface area (Å²) in [5, 5.41) is 3.24. The number of hydrogen-bond donors (Lipinski definition) is 1. The lowest BCUT2D eigenvalue weighted by molar-refractivity contribution is 0.0622. The van der Waals surface area contributed by atoms with E-state index in [0.29, 0.717) is 25.0 Å². The maximum atomic E-state index is 13.7. The maximum Gasteiger partial charge on any atom is 0.259 e. The first-order chi connectivity index (χ1) is 9.58. The molecule has 1 saturated heterocycles. The van der Waals surface area contributed by atoms with Crippen LogP contribution in [0.4, 0.5) is 8.78 Å². The van der Waals surface area contributed by atoms with Gasteiger partial charge in [-0.15, -0.1) is 0 Å². The number of amides is 1. The van der Waals surface area contributed by atoms with Gasteiger partial charge in [0, 0.05) is 19.1 Å². The van der Waals surface area contributed by atoms with E-state index in [1.165, 1.54) is 6.07 Å². The molecule has 0 aliphatic carbocycles. The van der Waals surface area contributed by atoms with Gasteiger partial charge in [-0.2, -0.15) is 0 Å². The number of nitrogens with one attached hydrogen (secondary N) is 1. The van der Waals surface area contributed by atoms with Crippen LogP contribution >= 0.6 is 0 Å². The monoisotopic (exact) mass is 282 g/mol. The van der Waals surface area contributed by atoms with Crippen LogP contribution in [0.15, 0.2) is 18.2 Å². The molecule has 0 radical (unpaired) electrons. The quantitative estimate of drug-likeness (QED) is 0.923. The Kier molecular flexibility index (Phi) is 4.70. The Hall–Kier alpha value is -1.49. The fourth-order valence-corrected chi connectivity index (χ4v) is 2.87. The van der Waals surface area contributed by atoms with Crippen LogP contribution in [0.5, 0.6) is 0 Å². The summed E-state index contributed by atoms with van der Waals surface area (Å²) in [6.45, 7) is 3.12. The summed E-state index contributed by atoms with van der Waals surface area (Å²) in [6, 6.07) is 3.86. The van der Waals surface area contributed by atoms with Gasteiger partial charge in [-0.05, 0) is 31.5 Å². The molecule has 1 aliphatic heterocycles. The Morgan fingerprint density at radius 1 is 1.40 bits per heavy atom. The first kappa shape index (κ1) is 14.9. The molecule has 1 heterocycles. The number of likely N-dealkylation sites (tertiary alicyclic amines) is 1. The molecular formula is C15H20F2N2O. The third-order valence-corrected chi connectivity index (χ3v) is 4.09. The molecule has 3 nitrogen and oxygen atoms in total. The molecule has 0 aromatic heterocycles. The Labute approximate surface area is 118 Å². The lowest BCUT2D eigenvalue weighted by Crippen LogP contribution is -2.50. The van der Waals surface area contributed by atoms with E-state index in [1.54, 1.807) is 4.90 Å². The van der Waals surface area contributed by atoms with Gasteiger partial charge in [-0.1, -0.05) is 19.4 Å². The summed E-state index contributed by atoms with van der Waals surface area (Å²) in [7, 11) is 1.90. The average Bonchev–Trinajstić information content (AvgIpc) is 2.46. The van der Waals surface area contributed by atoms with Crippen molar-refractivity contribution in [3.63, 3.8) is 0 Å². The fraction of sp³-hybridized carbons (Fsp3) is 0.533. The first-order valence-electron chi connectivity index (χ1n) is 6.99. The predicted molar refractivity (Wildman–Crippen MR) is 73.5 cm³/mol. The third-order valence-electron chi connectivity index (χ3n) is 4.09. The molecule has 110 valence electrons. The summed E-state index contributed by atoms with van der Waals surface area (Å²) in [5.74, 6) is -1.82. The lowest BCUT2D eigenvalue weighted by atomic mass is 9.89. The van der Waals surface area contributed by atoms with Crippen molar-refractivity contribution in [2.24, 2.45) is 5.92 Å². The number of hydrogen-bond acceptors (Lipinski definition) is 2. The maximum absolute atomic E-state index is 13.7. The number of halogens is 2. The molecule has 1 N–H and O–H groups in total. The summed E-state index contributed by atoms with van der Waals surface area (Å²) in [4.78, 5) is 13.9. The van der Waals surface area contributed by atoms with Crippen LogP contribution in [0.3, 0.4) is 0 Å². The molecule has 1 aliphatic rings. The van der Waals surface area contributed by atoms with Gasteiger partial charge >= 0.3 is 0 Å². The van der Waals surface area contributed by atoms with Crippen LogP contribution in [0.1, 0.15) is 30.1 Å². The van der Waals surface area contributed by atoms with Crippen LogP contribution in [-0.2, 0) is 0 Å². The molecular weight excluding hydrogens is 262 g/mol. The van der Waals surface area contributed by atoms with Crippen molar-refractivity contribution >= 4 is 5.91 Å². The molecule has 0 saturated carbocycles. The van der Waals surface area contributed by atoms with E-state index in [1.807, 2.05) is 7.05 Å². The number of nitrogens with zero attached hydrogens (tertiary/aromatic N) is 1. The Morgan fingerprint density at radius 3 is 2.60 bits per heavy atom. The zero-order valence-corrected chi connectivity index (χ0v) is 11.8. The second-order valence-electron chi connectivity index (χ2n) is 5.20. The minimum Gasteiger partial charge on any atom is -0.338 e. The molecule has 20 heavy (non-hydrogen) atoms. The summed E-state index contributed by atoms with van der Waals surface area (Å²) >= 11 is 0. The van der Waals surface area contributed by atoms with E-state index in [4.69, 9.17) is 0 Å². The van der Waals surface area contributed by atoms with E-state index in [0.717, 1.165) is 25.0 Å². The van der Waals surface area contributed by atoms with Gasteiger partial charge in [0.2, 0.25) is 0 Å². The molecule has 2 atom stereocenters. The third kappa shape index (κ3) is 2.82. The van der Waals surface area contributed by atoms with Crippen molar-refractivity contribution in [2.75, 3.05) is 20.1 Å². The molecule has 1 aromatic rings. The second kappa shape index (κ2) is 6.31. The van der Waals surface area contributed by atoms with Gasteiger partial charge in [0.15, 0.2) is 0 Å². The molecule has 2 unspecified atom stereocenters. The lowest BCUT2D eigenvalue weighted by Gasteiger charge is -2.38. The Morgan fingerprint density at radius 2 is 2.05 bits per heavy atom. The van der Waals surface area contributed by atoms with Crippen molar-refractivity contribution in [1.82, 2.24) is 10.2 Å². The van der Waals surface area contributed by atoms with Crippen LogP contribution in [0, 0.1) is 17.6 Å². The van der Waals surface area contributed by atoms with Gasteiger partial charge in [0.05, 0.1) is 0 Å². The average molecular weight is 282 g/mol. The summed E-state index contributed by atoms with van der Waals surface area (Å²) in [6.07, 6.45) is 1.73. The number of carbonyl (C=O) groups is 1. The summed E-state index contributed by atoms with van der Waals surface area (Å²) < 4.78 is 27.4. The van der Waals surface area contributed by atoms with Gasteiger partial charge in [0.25, 0.3) is 5.91 Å². The number of rotatable bonds is 3. The molecule has 1 amide bonds. The first-order valence-corrected chi connectivity index (χ1v) is 6.99. The van der Waals surface area contributed by atoms with Crippen molar-refractivity contribution in [2.45, 2.75) is 25.8 Å². The topological polar surface area (TPSA) is 32.3 Å². The molecule has 0 bridgehead atoms. The van der Waals surface area contributed by atoms with Crippen molar-refractivity contribution in [1.29, 1.82) is 0 Å². The zero-order valence-electron chi connectivity index (χ0n) is 11.8. The number of benzene rings is 1. The van der Waals surface area contributed by atoms with E-state index < -0.39 is 23.1 Å². The molecule has 1 aromatic carbocycles. The van der Waals surface area contributed by atoms with E-state index in [-0.39, 0.29) is 0 Å². The SMILES string of the molecule is CCC1CN(C(=O)c2c(F)cccc2F)CCC1NC.